The number of carbonyl (C=O) groups excluding carboxylic acids is 1. The number of carbonyl (C=O) groups is 2. The van der Waals surface area contributed by atoms with Crippen molar-refractivity contribution < 1.29 is 19.1 Å². The van der Waals surface area contributed by atoms with Crippen molar-refractivity contribution >= 4 is 29.2 Å². The molecule has 0 saturated heterocycles. The Labute approximate surface area is 101 Å². The maximum absolute atomic E-state index is 12.9. The average Bonchev–Trinajstić information content (AvgIpc) is 3.04. The van der Waals surface area contributed by atoms with E-state index >= 15 is 0 Å². The molecule has 2 rings (SSSR count). The predicted octanol–water partition coefficient (Wildman–Crippen LogP) is 2.28. The van der Waals surface area contributed by atoms with Gasteiger partial charge in [0.05, 0.1) is 5.02 Å². The van der Waals surface area contributed by atoms with E-state index in [4.69, 9.17) is 16.7 Å². The molecule has 0 atom stereocenters. The maximum Gasteiger partial charge on any atom is 0.319 e. The van der Waals surface area contributed by atoms with Crippen LogP contribution in [0.25, 0.3) is 0 Å². The molecule has 1 aliphatic carbocycles. The lowest BCUT2D eigenvalue weighted by Crippen LogP contribution is -2.31. The number of nitrogens with one attached hydrogen (secondary N) is 1. The van der Waals surface area contributed by atoms with E-state index in [-0.39, 0.29) is 10.7 Å². The van der Waals surface area contributed by atoms with Crippen LogP contribution in [0.3, 0.4) is 0 Å². The third-order valence-electron chi connectivity index (χ3n) is 2.77. The molecule has 6 heteroatoms. The first-order valence-corrected chi connectivity index (χ1v) is 5.33. The van der Waals surface area contributed by atoms with Gasteiger partial charge in [0.15, 0.2) is 0 Å². The molecule has 1 amide bonds. The molecule has 1 aromatic carbocycles. The molecule has 0 unspecified atom stereocenters. The highest BCUT2D eigenvalue weighted by atomic mass is 35.5. The lowest BCUT2D eigenvalue weighted by molar-refractivity contribution is -0.147. The van der Waals surface area contributed by atoms with Crippen molar-refractivity contribution in [3.8, 4) is 0 Å². The molecule has 0 spiro atoms. The molecule has 4 nitrogen and oxygen atoms in total. The zero-order chi connectivity index (χ0) is 12.6. The van der Waals surface area contributed by atoms with E-state index in [9.17, 15) is 14.0 Å². The highest BCUT2D eigenvalue weighted by molar-refractivity contribution is 6.31. The fraction of sp³-hybridized carbons (Fsp3) is 0.273. The van der Waals surface area contributed by atoms with Crippen molar-refractivity contribution in [1.82, 2.24) is 0 Å². The Morgan fingerprint density at radius 2 is 2.06 bits per heavy atom. The first kappa shape index (κ1) is 11.9. The summed E-state index contributed by atoms with van der Waals surface area (Å²) in [6.45, 7) is 0. The normalized spacial score (nSPS) is 16.4. The standard InChI is InChI=1S/C11H9ClFNO3/c12-7-5-6(1-2-8(7)13)14-9(15)11(3-4-11)10(16)17/h1-2,5H,3-4H2,(H,14,15)(H,16,17). The summed E-state index contributed by atoms with van der Waals surface area (Å²) in [5.41, 5.74) is -1.03. The van der Waals surface area contributed by atoms with E-state index < -0.39 is 23.1 Å². The summed E-state index contributed by atoms with van der Waals surface area (Å²) < 4.78 is 12.9. The van der Waals surface area contributed by atoms with E-state index in [2.05, 4.69) is 5.32 Å². The molecule has 90 valence electrons. The number of halogens is 2. The van der Waals surface area contributed by atoms with E-state index in [1.807, 2.05) is 0 Å². The lowest BCUT2D eigenvalue weighted by atomic mass is 10.1. The van der Waals surface area contributed by atoms with Crippen LogP contribution in [0.1, 0.15) is 12.8 Å². The molecule has 0 aromatic heterocycles. The molecular formula is C11H9ClFNO3. The molecule has 1 aliphatic rings. The molecule has 0 radical (unpaired) electrons. The summed E-state index contributed by atoms with van der Waals surface area (Å²) in [5, 5.41) is 11.2. The van der Waals surface area contributed by atoms with Gasteiger partial charge in [-0.3, -0.25) is 9.59 Å². The van der Waals surface area contributed by atoms with Crippen molar-refractivity contribution in [1.29, 1.82) is 0 Å². The summed E-state index contributed by atoms with van der Waals surface area (Å²) in [6, 6.07) is 3.68. The third-order valence-corrected chi connectivity index (χ3v) is 3.06. The first-order valence-electron chi connectivity index (χ1n) is 4.95. The van der Waals surface area contributed by atoms with Gasteiger partial charge in [0.1, 0.15) is 11.2 Å². The van der Waals surface area contributed by atoms with Crippen LogP contribution >= 0.6 is 11.6 Å². The molecular weight excluding hydrogens is 249 g/mol. The SMILES string of the molecule is O=C(O)C1(C(=O)Nc2ccc(F)c(Cl)c2)CC1. The van der Waals surface area contributed by atoms with E-state index in [0.717, 1.165) is 6.07 Å². The number of carboxylic acids is 1. The minimum absolute atomic E-state index is 0.122. The maximum atomic E-state index is 12.9. The van der Waals surface area contributed by atoms with Gasteiger partial charge in [-0.2, -0.15) is 0 Å². The van der Waals surface area contributed by atoms with Crippen LogP contribution in [-0.4, -0.2) is 17.0 Å². The topological polar surface area (TPSA) is 66.4 Å². The van der Waals surface area contributed by atoms with Crippen LogP contribution in [-0.2, 0) is 9.59 Å². The van der Waals surface area contributed by atoms with Crippen LogP contribution in [0.15, 0.2) is 18.2 Å². The van der Waals surface area contributed by atoms with Gasteiger partial charge < -0.3 is 10.4 Å². The van der Waals surface area contributed by atoms with Gasteiger partial charge in [-0.15, -0.1) is 0 Å². The van der Waals surface area contributed by atoms with Gasteiger partial charge in [-0.1, -0.05) is 11.6 Å². The highest BCUT2D eigenvalue weighted by Crippen LogP contribution is 2.46. The van der Waals surface area contributed by atoms with Crippen molar-refractivity contribution in [2.45, 2.75) is 12.8 Å². The van der Waals surface area contributed by atoms with Crippen molar-refractivity contribution in [2.75, 3.05) is 5.32 Å². The van der Waals surface area contributed by atoms with E-state index in [0.29, 0.717) is 12.8 Å². The molecule has 0 bridgehead atoms. The van der Waals surface area contributed by atoms with Crippen LogP contribution in [0.4, 0.5) is 10.1 Å². The van der Waals surface area contributed by atoms with Crippen LogP contribution in [0.2, 0.25) is 5.02 Å². The minimum atomic E-state index is -1.32. The van der Waals surface area contributed by atoms with Crippen molar-refractivity contribution in [3.05, 3.63) is 29.0 Å². The molecule has 2 N–H and O–H groups in total. The monoisotopic (exact) mass is 257 g/mol. The summed E-state index contributed by atoms with van der Waals surface area (Å²) >= 11 is 5.55. The third kappa shape index (κ3) is 2.10. The number of hydrogen-bond acceptors (Lipinski definition) is 2. The molecule has 0 heterocycles. The number of rotatable bonds is 3. The van der Waals surface area contributed by atoms with Gasteiger partial charge in [-0.25, -0.2) is 4.39 Å². The van der Waals surface area contributed by atoms with E-state index in [1.165, 1.54) is 12.1 Å². The smallest absolute Gasteiger partial charge is 0.319 e. The second-order valence-electron chi connectivity index (χ2n) is 3.97. The summed E-state index contributed by atoms with van der Waals surface area (Å²) in [5.74, 6) is -2.32. The van der Waals surface area contributed by atoms with E-state index in [1.54, 1.807) is 0 Å². The quantitative estimate of drug-likeness (QED) is 0.817. The predicted molar refractivity (Wildman–Crippen MR) is 59.3 cm³/mol. The largest absolute Gasteiger partial charge is 0.480 e. The Balaban J connectivity index is 2.14. The Kier molecular flexibility index (Phi) is 2.79. The number of carboxylic acid groups (broad SMARTS) is 1. The summed E-state index contributed by atoms with van der Waals surface area (Å²) in [4.78, 5) is 22.6. The Bertz CT molecular complexity index is 499. The minimum Gasteiger partial charge on any atom is -0.480 e. The van der Waals surface area contributed by atoms with Gasteiger partial charge in [-0.05, 0) is 31.0 Å². The first-order chi connectivity index (χ1) is 7.95. The molecule has 1 aromatic rings. The van der Waals surface area contributed by atoms with Gasteiger partial charge in [0, 0.05) is 5.69 Å². The second kappa shape index (κ2) is 4.00. The zero-order valence-corrected chi connectivity index (χ0v) is 9.42. The fourth-order valence-corrected chi connectivity index (χ4v) is 1.67. The van der Waals surface area contributed by atoms with Crippen LogP contribution in [0, 0.1) is 11.2 Å². The summed E-state index contributed by atoms with van der Waals surface area (Å²) in [6.07, 6.45) is 0.645. The highest BCUT2D eigenvalue weighted by Gasteiger charge is 2.57. The van der Waals surface area contributed by atoms with Gasteiger partial charge in [0.25, 0.3) is 0 Å². The number of benzene rings is 1. The lowest BCUT2D eigenvalue weighted by Gasteiger charge is -2.10. The Hall–Kier alpha value is -1.62. The van der Waals surface area contributed by atoms with Crippen molar-refractivity contribution in [3.63, 3.8) is 0 Å². The number of aliphatic carboxylic acids is 1. The average molecular weight is 258 g/mol. The Morgan fingerprint density at radius 1 is 1.41 bits per heavy atom. The number of hydrogen-bond donors (Lipinski definition) is 2. The zero-order valence-electron chi connectivity index (χ0n) is 8.67. The van der Waals surface area contributed by atoms with Crippen molar-refractivity contribution in [2.24, 2.45) is 5.41 Å². The van der Waals surface area contributed by atoms with Gasteiger partial charge >= 0.3 is 5.97 Å². The molecule has 0 aliphatic heterocycles. The van der Waals surface area contributed by atoms with Crippen LogP contribution < -0.4 is 5.32 Å². The number of amides is 1. The van der Waals surface area contributed by atoms with Crippen LogP contribution in [0.5, 0.6) is 0 Å². The Morgan fingerprint density at radius 3 is 2.53 bits per heavy atom. The summed E-state index contributed by atoms with van der Waals surface area (Å²) in [7, 11) is 0. The molecule has 1 fully saturated rings. The second-order valence-corrected chi connectivity index (χ2v) is 4.38. The van der Waals surface area contributed by atoms with Gasteiger partial charge in [0.2, 0.25) is 5.91 Å². The molecule has 17 heavy (non-hydrogen) atoms. The number of anilines is 1. The fourth-order valence-electron chi connectivity index (χ4n) is 1.49. The molecule has 1 saturated carbocycles.